The van der Waals surface area contributed by atoms with E-state index in [-0.39, 0.29) is 45.8 Å². The van der Waals surface area contributed by atoms with Gasteiger partial charge in [0.05, 0.1) is 7.41 Å². The summed E-state index contributed by atoms with van der Waals surface area (Å²) in [6.45, 7) is 2.76. The van der Waals surface area contributed by atoms with Crippen molar-refractivity contribution in [1.29, 1.82) is 0 Å². The molecule has 1 atom stereocenters. The zero-order valence-electron chi connectivity index (χ0n) is 14.4. The minimum absolute atomic E-state index is 0. The SMILES string of the molecule is Br.[2H]c1cc(C(=O)N2CCn3c(-c4nc(Cl)ns4)nnc3[C@H]2C)ccc1F. The third-order valence-corrected chi connectivity index (χ3v) is 5.04. The van der Waals surface area contributed by atoms with Crippen LogP contribution in [0.2, 0.25) is 5.28 Å². The lowest BCUT2D eigenvalue weighted by Crippen LogP contribution is -2.41. The fourth-order valence-electron chi connectivity index (χ4n) is 2.82. The van der Waals surface area contributed by atoms with E-state index >= 15 is 0 Å². The largest absolute Gasteiger partial charge is 0.327 e. The summed E-state index contributed by atoms with van der Waals surface area (Å²) >= 11 is 6.92. The van der Waals surface area contributed by atoms with Gasteiger partial charge < -0.3 is 9.47 Å². The van der Waals surface area contributed by atoms with Gasteiger partial charge in [0.15, 0.2) is 16.7 Å². The second kappa shape index (κ2) is 7.37. The number of halogens is 3. The first kappa shape index (κ1) is 17.5. The minimum atomic E-state index is -0.659. The molecular weight excluding hydrogens is 447 g/mol. The molecule has 0 saturated carbocycles. The predicted octanol–water partition coefficient (Wildman–Crippen LogP) is 3.38. The van der Waals surface area contributed by atoms with Gasteiger partial charge >= 0.3 is 0 Å². The van der Waals surface area contributed by atoms with Crippen molar-refractivity contribution in [3.8, 4) is 10.8 Å². The average molecular weight is 461 g/mol. The highest BCUT2D eigenvalue weighted by molar-refractivity contribution is 8.93. The molecule has 1 aliphatic heterocycles. The Balaban J connectivity index is 0.00000210. The molecule has 0 N–H and O–H groups in total. The molecule has 136 valence electrons. The molecule has 26 heavy (non-hydrogen) atoms. The van der Waals surface area contributed by atoms with Crippen molar-refractivity contribution >= 4 is 46.0 Å². The molecule has 0 fully saturated rings. The van der Waals surface area contributed by atoms with Crippen molar-refractivity contribution in [2.24, 2.45) is 0 Å². The fraction of sp³-hybridized carbons (Fsp3) is 0.267. The van der Waals surface area contributed by atoms with Crippen LogP contribution in [0.1, 0.15) is 30.5 Å². The Morgan fingerprint density at radius 1 is 1.38 bits per heavy atom. The first-order chi connectivity index (χ1) is 12.5. The predicted molar refractivity (Wildman–Crippen MR) is 100 cm³/mol. The number of amides is 1. The van der Waals surface area contributed by atoms with E-state index in [0.29, 0.717) is 29.7 Å². The van der Waals surface area contributed by atoms with Gasteiger partial charge in [-0.15, -0.1) is 27.2 Å². The number of fused-ring (bicyclic) bond motifs is 1. The molecule has 0 unspecified atom stereocenters. The number of aromatic nitrogens is 5. The highest BCUT2D eigenvalue weighted by Crippen LogP contribution is 2.30. The highest BCUT2D eigenvalue weighted by atomic mass is 79.9. The number of carbonyl (C=O) groups excluding carboxylic acids is 1. The van der Waals surface area contributed by atoms with E-state index in [9.17, 15) is 9.18 Å². The maximum atomic E-state index is 13.3. The summed E-state index contributed by atoms with van der Waals surface area (Å²) in [4.78, 5) is 18.5. The van der Waals surface area contributed by atoms with Gasteiger partial charge in [-0.2, -0.15) is 4.37 Å². The zero-order chi connectivity index (χ0) is 18.4. The average Bonchev–Trinajstić information content (AvgIpc) is 3.23. The minimum Gasteiger partial charge on any atom is -0.327 e. The van der Waals surface area contributed by atoms with E-state index in [0.717, 1.165) is 17.6 Å². The van der Waals surface area contributed by atoms with Gasteiger partial charge in [0.25, 0.3) is 5.91 Å². The molecule has 0 bridgehead atoms. The molecule has 0 spiro atoms. The number of nitrogens with zero attached hydrogens (tertiary/aromatic N) is 6. The van der Waals surface area contributed by atoms with Crippen LogP contribution in [0.5, 0.6) is 0 Å². The van der Waals surface area contributed by atoms with Crippen LogP contribution in [0, 0.1) is 5.82 Å². The van der Waals surface area contributed by atoms with Crippen molar-refractivity contribution in [1.82, 2.24) is 29.0 Å². The van der Waals surface area contributed by atoms with Crippen molar-refractivity contribution < 1.29 is 10.6 Å². The molecule has 1 amide bonds. The molecule has 0 aliphatic carbocycles. The third kappa shape index (κ3) is 3.24. The normalized spacial score (nSPS) is 16.7. The second-order valence-corrected chi connectivity index (χ2v) is 6.59. The van der Waals surface area contributed by atoms with Gasteiger partial charge in [0, 0.05) is 18.7 Å². The third-order valence-electron chi connectivity index (χ3n) is 4.06. The number of hydrogen-bond donors (Lipinski definition) is 0. The summed E-state index contributed by atoms with van der Waals surface area (Å²) in [7, 11) is 0. The molecule has 1 aromatic carbocycles. The fourth-order valence-corrected chi connectivity index (χ4v) is 3.62. The smallest absolute Gasteiger partial charge is 0.254 e. The second-order valence-electron chi connectivity index (χ2n) is 5.50. The van der Waals surface area contributed by atoms with Crippen LogP contribution in [-0.2, 0) is 6.54 Å². The van der Waals surface area contributed by atoms with Gasteiger partial charge in [0.2, 0.25) is 5.28 Å². The number of hydrogen-bond acceptors (Lipinski definition) is 6. The van der Waals surface area contributed by atoms with E-state index in [1.54, 1.807) is 4.90 Å². The van der Waals surface area contributed by atoms with Crippen LogP contribution in [0.25, 0.3) is 10.8 Å². The molecule has 3 aromatic rings. The Morgan fingerprint density at radius 2 is 2.19 bits per heavy atom. The molecule has 3 heterocycles. The molecule has 7 nitrogen and oxygen atoms in total. The maximum Gasteiger partial charge on any atom is 0.254 e. The van der Waals surface area contributed by atoms with Crippen LogP contribution < -0.4 is 0 Å². The van der Waals surface area contributed by atoms with Gasteiger partial charge in [-0.05, 0) is 54.3 Å². The van der Waals surface area contributed by atoms with Crippen LogP contribution in [0.3, 0.4) is 0 Å². The quantitative estimate of drug-likeness (QED) is 0.586. The molecular formula is C15H13BrClFN6OS. The van der Waals surface area contributed by atoms with Crippen molar-refractivity contribution in [3.05, 3.63) is 46.7 Å². The van der Waals surface area contributed by atoms with E-state index in [2.05, 4.69) is 19.6 Å². The number of carbonyl (C=O) groups is 1. The zero-order valence-corrected chi connectivity index (χ0v) is 16.7. The highest BCUT2D eigenvalue weighted by Gasteiger charge is 2.32. The Labute approximate surface area is 169 Å². The topological polar surface area (TPSA) is 76.8 Å². The standard InChI is InChI=1S/C15H12ClFN6OS.BrH/c1-8-11-19-20-12(13-18-15(16)21-25-13)23(11)7-6-22(8)14(24)9-2-4-10(17)5-3-9;/h2-5,8H,6-7H2,1H3;1H/t8-;/m1./s1/i4D;. The van der Waals surface area contributed by atoms with E-state index < -0.39 is 5.82 Å². The van der Waals surface area contributed by atoms with Crippen molar-refractivity contribution in [3.63, 3.8) is 0 Å². The summed E-state index contributed by atoms with van der Waals surface area (Å²) < 4.78 is 26.7. The van der Waals surface area contributed by atoms with Crippen LogP contribution in [0.4, 0.5) is 4.39 Å². The van der Waals surface area contributed by atoms with Crippen LogP contribution in [0.15, 0.2) is 24.2 Å². The Bertz CT molecular complexity index is 1010. The summed E-state index contributed by atoms with van der Waals surface area (Å²) in [6, 6.07) is 3.11. The van der Waals surface area contributed by atoms with E-state index in [1.807, 2.05) is 11.5 Å². The van der Waals surface area contributed by atoms with Gasteiger partial charge in [-0.1, -0.05) is 0 Å². The van der Waals surface area contributed by atoms with E-state index in [1.165, 1.54) is 12.1 Å². The first-order valence-electron chi connectivity index (χ1n) is 7.95. The lowest BCUT2D eigenvalue weighted by Gasteiger charge is -2.33. The Morgan fingerprint density at radius 3 is 2.88 bits per heavy atom. The van der Waals surface area contributed by atoms with Gasteiger partial charge in [0.1, 0.15) is 5.82 Å². The van der Waals surface area contributed by atoms with E-state index in [4.69, 9.17) is 13.0 Å². The maximum absolute atomic E-state index is 13.3. The molecule has 0 saturated heterocycles. The monoisotopic (exact) mass is 459 g/mol. The van der Waals surface area contributed by atoms with Crippen molar-refractivity contribution in [2.75, 3.05) is 6.54 Å². The van der Waals surface area contributed by atoms with Gasteiger partial charge in [-0.25, -0.2) is 9.37 Å². The summed E-state index contributed by atoms with van der Waals surface area (Å²) in [6.07, 6.45) is 0. The van der Waals surface area contributed by atoms with Crippen molar-refractivity contribution in [2.45, 2.75) is 19.5 Å². The summed E-state index contributed by atoms with van der Waals surface area (Å²) in [5.74, 6) is 0.256. The number of benzene rings is 1. The molecule has 2 aromatic heterocycles. The lowest BCUT2D eigenvalue weighted by atomic mass is 10.1. The summed E-state index contributed by atoms with van der Waals surface area (Å²) in [5, 5.41) is 9.09. The lowest BCUT2D eigenvalue weighted by molar-refractivity contribution is 0.0638. The molecule has 1 aliphatic rings. The first-order valence-corrected chi connectivity index (χ1v) is 8.60. The molecule has 4 rings (SSSR count). The van der Waals surface area contributed by atoms with Crippen LogP contribution >= 0.6 is 40.1 Å². The molecule has 11 heteroatoms. The Kier molecular flexibility index (Phi) is 4.96. The summed E-state index contributed by atoms with van der Waals surface area (Å²) in [5.41, 5.74) is 0.271. The van der Waals surface area contributed by atoms with Gasteiger partial charge in [-0.3, -0.25) is 4.79 Å². The molecule has 0 radical (unpaired) electrons. The van der Waals surface area contributed by atoms with Crippen LogP contribution in [-0.4, -0.2) is 41.5 Å². The number of rotatable bonds is 2. The Hall–Kier alpha value is -1.91.